The second-order valence-corrected chi connectivity index (χ2v) is 5.66. The molecular weight excluding hydrogens is 266 g/mol. The smallest absolute Gasteiger partial charge is 0.251 e. The number of amides is 1. The van der Waals surface area contributed by atoms with Crippen molar-refractivity contribution < 1.29 is 14.6 Å². The summed E-state index contributed by atoms with van der Waals surface area (Å²) >= 11 is 0. The van der Waals surface area contributed by atoms with E-state index in [4.69, 9.17) is 4.74 Å². The van der Waals surface area contributed by atoms with Crippen LogP contribution < -0.4 is 10.1 Å². The van der Waals surface area contributed by atoms with Gasteiger partial charge < -0.3 is 15.2 Å². The Morgan fingerprint density at radius 3 is 2.95 bits per heavy atom. The number of carbonyl (C=O) groups excluding carboxylic acids is 1. The zero-order valence-corrected chi connectivity index (χ0v) is 12.7. The third kappa shape index (κ3) is 4.74. The zero-order chi connectivity index (χ0) is 15.1. The first kappa shape index (κ1) is 15.8. The molecule has 0 bridgehead atoms. The van der Waals surface area contributed by atoms with Gasteiger partial charge in [-0.15, -0.1) is 0 Å². The Morgan fingerprint density at radius 2 is 2.14 bits per heavy atom. The van der Waals surface area contributed by atoms with Crippen LogP contribution in [0.2, 0.25) is 0 Å². The van der Waals surface area contributed by atoms with Crippen LogP contribution in [-0.2, 0) is 0 Å². The summed E-state index contributed by atoms with van der Waals surface area (Å²) in [4.78, 5) is 12.3. The van der Waals surface area contributed by atoms with Crippen LogP contribution >= 0.6 is 0 Å². The third-order valence-corrected chi connectivity index (χ3v) is 3.87. The van der Waals surface area contributed by atoms with Gasteiger partial charge in [-0.1, -0.05) is 32.3 Å². The Kier molecular flexibility index (Phi) is 6.05. The fourth-order valence-corrected chi connectivity index (χ4v) is 2.66. The molecule has 2 atom stereocenters. The van der Waals surface area contributed by atoms with Crippen LogP contribution in [0.1, 0.15) is 55.8 Å². The lowest BCUT2D eigenvalue weighted by atomic mass is 10.1. The van der Waals surface area contributed by atoms with Crippen LogP contribution in [0, 0.1) is 0 Å². The molecule has 0 heterocycles. The average Bonchev–Trinajstić information content (AvgIpc) is 2.70. The van der Waals surface area contributed by atoms with Crippen molar-refractivity contribution in [1.29, 1.82) is 0 Å². The summed E-state index contributed by atoms with van der Waals surface area (Å²) in [6.45, 7) is 2.69. The molecule has 0 saturated heterocycles. The van der Waals surface area contributed by atoms with Gasteiger partial charge in [0, 0.05) is 5.56 Å². The first-order valence-corrected chi connectivity index (χ1v) is 7.92. The number of nitrogens with one attached hydrogen (secondary N) is 1. The van der Waals surface area contributed by atoms with E-state index < -0.39 is 6.10 Å². The van der Waals surface area contributed by atoms with Crippen molar-refractivity contribution in [1.82, 2.24) is 5.32 Å². The Morgan fingerprint density at radius 1 is 1.33 bits per heavy atom. The number of benzene rings is 1. The van der Waals surface area contributed by atoms with Gasteiger partial charge in [-0.25, -0.2) is 0 Å². The molecule has 1 fully saturated rings. The van der Waals surface area contributed by atoms with Crippen molar-refractivity contribution in [2.75, 3.05) is 6.61 Å². The van der Waals surface area contributed by atoms with Gasteiger partial charge in [-0.05, 0) is 37.5 Å². The van der Waals surface area contributed by atoms with Crippen LogP contribution in [0.15, 0.2) is 24.3 Å². The zero-order valence-electron chi connectivity index (χ0n) is 12.7. The maximum atomic E-state index is 12.3. The Balaban J connectivity index is 1.98. The number of hydrogen-bond acceptors (Lipinski definition) is 3. The molecule has 0 aliphatic heterocycles. The molecule has 2 rings (SSSR count). The minimum absolute atomic E-state index is 0.136. The summed E-state index contributed by atoms with van der Waals surface area (Å²) in [5.41, 5.74) is 0.583. The van der Waals surface area contributed by atoms with Gasteiger partial charge in [0.2, 0.25) is 0 Å². The Bertz CT molecular complexity index is 461. The predicted molar refractivity (Wildman–Crippen MR) is 82.6 cm³/mol. The number of carbonyl (C=O) groups is 1. The number of rotatable bonds is 5. The molecule has 0 radical (unpaired) electrons. The standard InChI is InChI=1S/C17H25NO3/c1-2-11-21-14-8-6-7-13(12-14)17(20)18-15-9-4-3-5-10-16(15)19/h6-8,12,15-16,19H,2-5,9-11H2,1H3,(H,18,20). The maximum absolute atomic E-state index is 12.3. The van der Waals surface area contributed by atoms with Crippen LogP contribution in [0.5, 0.6) is 5.75 Å². The molecule has 1 amide bonds. The van der Waals surface area contributed by atoms with Gasteiger partial charge in [0.25, 0.3) is 5.91 Å². The van der Waals surface area contributed by atoms with Crippen LogP contribution in [-0.4, -0.2) is 29.8 Å². The molecule has 0 spiro atoms. The fourth-order valence-electron chi connectivity index (χ4n) is 2.66. The molecule has 116 valence electrons. The van der Waals surface area contributed by atoms with Crippen molar-refractivity contribution in [3.05, 3.63) is 29.8 Å². The first-order valence-electron chi connectivity index (χ1n) is 7.92. The topological polar surface area (TPSA) is 58.6 Å². The highest BCUT2D eigenvalue weighted by Crippen LogP contribution is 2.19. The molecule has 1 aliphatic carbocycles. The summed E-state index contributed by atoms with van der Waals surface area (Å²) in [5.74, 6) is 0.578. The molecule has 0 aromatic heterocycles. The predicted octanol–water partition coefficient (Wildman–Crippen LogP) is 2.90. The highest BCUT2D eigenvalue weighted by molar-refractivity contribution is 5.94. The number of ether oxygens (including phenoxy) is 1. The van der Waals surface area contributed by atoms with E-state index in [0.29, 0.717) is 17.9 Å². The van der Waals surface area contributed by atoms with E-state index in [1.165, 1.54) is 0 Å². The van der Waals surface area contributed by atoms with Gasteiger partial charge in [-0.3, -0.25) is 4.79 Å². The fraction of sp³-hybridized carbons (Fsp3) is 0.588. The first-order chi connectivity index (χ1) is 10.2. The molecule has 2 unspecified atom stereocenters. The molecule has 1 saturated carbocycles. The lowest BCUT2D eigenvalue weighted by molar-refractivity contribution is 0.0818. The van der Waals surface area contributed by atoms with Gasteiger partial charge in [-0.2, -0.15) is 0 Å². The highest BCUT2D eigenvalue weighted by atomic mass is 16.5. The number of hydrogen-bond donors (Lipinski definition) is 2. The van der Waals surface area contributed by atoms with E-state index in [9.17, 15) is 9.90 Å². The lowest BCUT2D eigenvalue weighted by Crippen LogP contribution is -2.42. The number of aliphatic hydroxyl groups excluding tert-OH is 1. The minimum Gasteiger partial charge on any atom is -0.494 e. The summed E-state index contributed by atoms with van der Waals surface area (Å²) in [7, 11) is 0. The van der Waals surface area contributed by atoms with Crippen molar-refractivity contribution in [3.63, 3.8) is 0 Å². The molecule has 1 aliphatic rings. The molecule has 4 nitrogen and oxygen atoms in total. The van der Waals surface area contributed by atoms with Crippen molar-refractivity contribution >= 4 is 5.91 Å². The lowest BCUT2D eigenvalue weighted by Gasteiger charge is -2.21. The molecular formula is C17H25NO3. The summed E-state index contributed by atoms with van der Waals surface area (Å²) in [6.07, 6.45) is 5.34. The van der Waals surface area contributed by atoms with E-state index in [-0.39, 0.29) is 11.9 Å². The van der Waals surface area contributed by atoms with Gasteiger partial charge >= 0.3 is 0 Å². The molecule has 21 heavy (non-hydrogen) atoms. The van der Waals surface area contributed by atoms with Crippen molar-refractivity contribution in [2.24, 2.45) is 0 Å². The van der Waals surface area contributed by atoms with Crippen LogP contribution in [0.4, 0.5) is 0 Å². The van der Waals surface area contributed by atoms with Crippen molar-refractivity contribution in [2.45, 2.75) is 57.6 Å². The van der Waals surface area contributed by atoms with E-state index in [0.717, 1.165) is 38.5 Å². The summed E-state index contributed by atoms with van der Waals surface area (Å²) in [5, 5.41) is 13.0. The minimum atomic E-state index is -0.434. The monoisotopic (exact) mass is 291 g/mol. The Hall–Kier alpha value is -1.55. The SMILES string of the molecule is CCCOc1cccc(C(=O)NC2CCCCCC2O)c1. The Labute approximate surface area is 126 Å². The molecule has 4 heteroatoms. The van der Waals surface area contributed by atoms with E-state index in [1.807, 2.05) is 19.1 Å². The van der Waals surface area contributed by atoms with Crippen LogP contribution in [0.25, 0.3) is 0 Å². The highest BCUT2D eigenvalue weighted by Gasteiger charge is 2.23. The van der Waals surface area contributed by atoms with Gasteiger partial charge in [0.1, 0.15) is 5.75 Å². The maximum Gasteiger partial charge on any atom is 0.251 e. The normalized spacial score (nSPS) is 22.4. The van der Waals surface area contributed by atoms with Crippen LogP contribution in [0.3, 0.4) is 0 Å². The third-order valence-electron chi connectivity index (χ3n) is 3.87. The van der Waals surface area contributed by atoms with Gasteiger partial charge in [0.15, 0.2) is 0 Å². The number of aliphatic hydroxyl groups is 1. The van der Waals surface area contributed by atoms with E-state index in [2.05, 4.69) is 5.32 Å². The average molecular weight is 291 g/mol. The van der Waals surface area contributed by atoms with Crippen molar-refractivity contribution in [3.8, 4) is 5.75 Å². The summed E-state index contributed by atoms with van der Waals surface area (Å²) < 4.78 is 5.55. The van der Waals surface area contributed by atoms with Gasteiger partial charge in [0.05, 0.1) is 18.8 Å². The second-order valence-electron chi connectivity index (χ2n) is 5.66. The van der Waals surface area contributed by atoms with E-state index in [1.54, 1.807) is 12.1 Å². The largest absolute Gasteiger partial charge is 0.494 e. The summed E-state index contributed by atoms with van der Waals surface area (Å²) in [6, 6.07) is 7.07. The van der Waals surface area contributed by atoms with E-state index >= 15 is 0 Å². The molecule has 1 aromatic rings. The molecule has 2 N–H and O–H groups in total. The molecule has 1 aromatic carbocycles. The quantitative estimate of drug-likeness (QED) is 0.820. The second kappa shape index (κ2) is 8.03.